The van der Waals surface area contributed by atoms with Crippen LogP contribution >= 0.6 is 0 Å². The summed E-state index contributed by atoms with van der Waals surface area (Å²) in [6.07, 6.45) is 3.92. The van der Waals surface area contributed by atoms with E-state index in [1.165, 1.54) is 22.3 Å². The van der Waals surface area contributed by atoms with E-state index in [2.05, 4.69) is 42.3 Å². The summed E-state index contributed by atoms with van der Waals surface area (Å²) in [6, 6.07) is 23.9. The van der Waals surface area contributed by atoms with Crippen LogP contribution in [0, 0.1) is 0 Å². The van der Waals surface area contributed by atoms with E-state index in [0.717, 1.165) is 30.5 Å². The second kappa shape index (κ2) is 10.5. The summed E-state index contributed by atoms with van der Waals surface area (Å²) in [7, 11) is 0. The smallest absolute Gasteiger partial charge is 0.251 e. The van der Waals surface area contributed by atoms with Gasteiger partial charge in [-0.05, 0) is 67.1 Å². The van der Waals surface area contributed by atoms with Crippen LogP contribution in [0.5, 0.6) is 5.75 Å². The number of fused-ring (bicyclic) bond motifs is 1. The summed E-state index contributed by atoms with van der Waals surface area (Å²) in [5.74, 6) is 0.277. The van der Waals surface area contributed by atoms with Gasteiger partial charge in [0.15, 0.2) is 0 Å². The van der Waals surface area contributed by atoms with Gasteiger partial charge in [-0.25, -0.2) is 0 Å². The van der Waals surface area contributed by atoms with Crippen molar-refractivity contribution in [2.75, 3.05) is 13.1 Å². The van der Waals surface area contributed by atoms with Crippen LogP contribution in [0.2, 0.25) is 0 Å². The van der Waals surface area contributed by atoms with Gasteiger partial charge in [0.2, 0.25) is 0 Å². The number of aromatic hydroxyl groups is 1. The van der Waals surface area contributed by atoms with Gasteiger partial charge in [-0.1, -0.05) is 66.2 Å². The highest BCUT2D eigenvalue weighted by Crippen LogP contribution is 2.33. The second-order valence-corrected chi connectivity index (χ2v) is 8.84. The molecule has 1 heterocycles. The molecule has 3 aromatic rings. The van der Waals surface area contributed by atoms with Crippen LogP contribution in [0.25, 0.3) is 6.08 Å². The predicted octanol–water partition coefficient (Wildman–Crippen LogP) is 5.73. The van der Waals surface area contributed by atoms with Crippen molar-refractivity contribution in [3.63, 3.8) is 0 Å². The number of carbonyl (C=O) groups excluding carboxylic acids is 1. The zero-order chi connectivity index (χ0) is 23.2. The van der Waals surface area contributed by atoms with Crippen molar-refractivity contribution in [3.05, 3.63) is 106 Å². The molecule has 1 aliphatic rings. The molecule has 1 atom stereocenters. The molecule has 0 aliphatic carbocycles. The lowest BCUT2D eigenvalue weighted by Crippen LogP contribution is -2.34. The van der Waals surface area contributed by atoms with E-state index in [9.17, 15) is 9.90 Å². The molecule has 0 saturated heterocycles. The molecule has 0 aromatic heterocycles. The highest BCUT2D eigenvalue weighted by molar-refractivity contribution is 5.95. The van der Waals surface area contributed by atoms with Crippen molar-refractivity contribution in [2.24, 2.45) is 0 Å². The molecule has 0 saturated carbocycles. The fraction of sp³-hybridized carbons (Fsp3) is 0.276. The van der Waals surface area contributed by atoms with Crippen molar-refractivity contribution >= 4 is 12.0 Å². The summed E-state index contributed by atoms with van der Waals surface area (Å²) < 4.78 is 0. The lowest BCUT2D eigenvalue weighted by Gasteiger charge is -2.35. The first-order chi connectivity index (χ1) is 16.0. The van der Waals surface area contributed by atoms with E-state index >= 15 is 0 Å². The van der Waals surface area contributed by atoms with E-state index in [1.54, 1.807) is 6.07 Å². The van der Waals surface area contributed by atoms with Crippen molar-refractivity contribution in [3.8, 4) is 5.75 Å². The third kappa shape index (κ3) is 5.71. The van der Waals surface area contributed by atoms with Crippen LogP contribution in [0.15, 0.2) is 78.4 Å². The van der Waals surface area contributed by atoms with Crippen LogP contribution in [-0.2, 0) is 13.0 Å². The Kier molecular flexibility index (Phi) is 7.26. The normalized spacial score (nSPS) is 16.3. The van der Waals surface area contributed by atoms with Gasteiger partial charge in [-0.3, -0.25) is 9.69 Å². The molecule has 2 N–H and O–H groups in total. The molecular weight excluding hydrogens is 408 g/mol. The predicted molar refractivity (Wildman–Crippen MR) is 134 cm³/mol. The van der Waals surface area contributed by atoms with Gasteiger partial charge < -0.3 is 10.4 Å². The first-order valence-corrected chi connectivity index (χ1v) is 11.7. The zero-order valence-electron chi connectivity index (χ0n) is 19.4. The van der Waals surface area contributed by atoms with Crippen LogP contribution in [0.4, 0.5) is 0 Å². The van der Waals surface area contributed by atoms with E-state index in [4.69, 9.17) is 0 Å². The number of amides is 1. The van der Waals surface area contributed by atoms with E-state index < -0.39 is 0 Å². The third-order valence-corrected chi connectivity index (χ3v) is 6.45. The number of rotatable bonds is 7. The number of nitrogens with one attached hydrogen (secondary N) is 1. The average molecular weight is 441 g/mol. The van der Waals surface area contributed by atoms with Crippen molar-refractivity contribution in [2.45, 2.75) is 39.3 Å². The molecule has 4 heteroatoms. The second-order valence-electron chi connectivity index (χ2n) is 8.84. The molecule has 1 unspecified atom stereocenters. The number of phenolic OH excluding ortho intramolecular Hbond substituents is 1. The molecule has 0 fully saturated rings. The number of benzene rings is 3. The number of hydrogen-bond donors (Lipinski definition) is 2. The monoisotopic (exact) mass is 440 g/mol. The average Bonchev–Trinajstić information content (AvgIpc) is 2.82. The number of hydrogen-bond acceptors (Lipinski definition) is 3. The first-order valence-electron chi connectivity index (χ1n) is 11.7. The lowest BCUT2D eigenvalue weighted by molar-refractivity contribution is 0.0951. The van der Waals surface area contributed by atoms with Gasteiger partial charge in [0, 0.05) is 31.2 Å². The molecule has 33 heavy (non-hydrogen) atoms. The molecule has 0 bridgehead atoms. The molecule has 0 radical (unpaired) electrons. The SMILES string of the molecule is CC(=Cc1ccccc1)CCNC(=O)c1ccccc1CN1CCc2ccc(O)cc2C1C. The molecule has 4 nitrogen and oxygen atoms in total. The fourth-order valence-corrected chi connectivity index (χ4v) is 4.54. The Morgan fingerprint density at radius 2 is 1.85 bits per heavy atom. The zero-order valence-corrected chi connectivity index (χ0v) is 19.4. The van der Waals surface area contributed by atoms with Crippen LogP contribution in [0.3, 0.4) is 0 Å². The summed E-state index contributed by atoms with van der Waals surface area (Å²) >= 11 is 0. The molecular formula is C29H32N2O2. The third-order valence-electron chi connectivity index (χ3n) is 6.45. The van der Waals surface area contributed by atoms with Gasteiger partial charge in [-0.15, -0.1) is 0 Å². The van der Waals surface area contributed by atoms with Gasteiger partial charge in [0.05, 0.1) is 0 Å². The standard InChI is InChI=1S/C29H32N2O2/c1-21(18-23-8-4-3-5-9-23)14-16-30-29(33)27-11-7-6-10-25(27)20-31-17-15-24-12-13-26(32)19-28(24)22(31)2/h3-13,18-19,22,32H,14-17,20H2,1-2H3,(H,30,33). The Hall–Kier alpha value is -3.37. The number of carbonyl (C=O) groups is 1. The Labute approximate surface area is 196 Å². The number of phenols is 1. The van der Waals surface area contributed by atoms with Gasteiger partial charge in [-0.2, -0.15) is 0 Å². The number of nitrogens with zero attached hydrogens (tertiary/aromatic N) is 1. The molecule has 1 aliphatic heterocycles. The van der Waals surface area contributed by atoms with Gasteiger partial charge in [0.1, 0.15) is 5.75 Å². The maximum Gasteiger partial charge on any atom is 0.251 e. The van der Waals surface area contributed by atoms with Crippen molar-refractivity contribution < 1.29 is 9.90 Å². The quantitative estimate of drug-likeness (QED) is 0.493. The Balaban J connectivity index is 1.39. The van der Waals surface area contributed by atoms with Crippen LogP contribution < -0.4 is 5.32 Å². The molecule has 4 rings (SSSR count). The van der Waals surface area contributed by atoms with Crippen LogP contribution in [-0.4, -0.2) is 29.0 Å². The first kappa shape index (κ1) is 22.8. The summed E-state index contributed by atoms with van der Waals surface area (Å²) in [6.45, 7) is 6.50. The van der Waals surface area contributed by atoms with E-state index in [-0.39, 0.29) is 11.9 Å². The Morgan fingerprint density at radius 3 is 2.67 bits per heavy atom. The fourth-order valence-electron chi connectivity index (χ4n) is 4.54. The maximum absolute atomic E-state index is 13.0. The summed E-state index contributed by atoms with van der Waals surface area (Å²) in [5, 5.41) is 13.0. The van der Waals surface area contributed by atoms with E-state index in [0.29, 0.717) is 18.8 Å². The maximum atomic E-state index is 13.0. The van der Waals surface area contributed by atoms with Crippen molar-refractivity contribution in [1.29, 1.82) is 0 Å². The molecule has 1 amide bonds. The molecule has 3 aromatic carbocycles. The minimum absolute atomic E-state index is 0.0270. The minimum atomic E-state index is -0.0270. The summed E-state index contributed by atoms with van der Waals surface area (Å²) in [5.41, 5.74) is 6.64. The van der Waals surface area contributed by atoms with Gasteiger partial charge in [0.25, 0.3) is 5.91 Å². The van der Waals surface area contributed by atoms with Crippen molar-refractivity contribution in [1.82, 2.24) is 10.2 Å². The van der Waals surface area contributed by atoms with Crippen LogP contribution in [0.1, 0.15) is 58.9 Å². The topological polar surface area (TPSA) is 52.6 Å². The Bertz CT molecular complexity index is 1140. The van der Waals surface area contributed by atoms with E-state index in [1.807, 2.05) is 54.6 Å². The Morgan fingerprint density at radius 1 is 1.09 bits per heavy atom. The molecule has 170 valence electrons. The van der Waals surface area contributed by atoms with Gasteiger partial charge >= 0.3 is 0 Å². The highest BCUT2D eigenvalue weighted by atomic mass is 16.3. The lowest BCUT2D eigenvalue weighted by atomic mass is 9.92. The summed E-state index contributed by atoms with van der Waals surface area (Å²) in [4.78, 5) is 15.4. The largest absolute Gasteiger partial charge is 0.508 e. The highest BCUT2D eigenvalue weighted by Gasteiger charge is 2.25. The molecule has 0 spiro atoms. The minimum Gasteiger partial charge on any atom is -0.508 e.